The SMILES string of the molecule is O[C@@H]1[C@@H](O)[C@H]2OC[C@H]1O2. The molecule has 0 spiro atoms. The Bertz CT molecular complexity index is 108. The number of hydrogen-bond acceptors (Lipinski definition) is 4. The van der Waals surface area contributed by atoms with E-state index in [1.807, 2.05) is 0 Å². The van der Waals surface area contributed by atoms with Crippen LogP contribution in [-0.2, 0) is 9.47 Å². The molecule has 4 nitrogen and oxygen atoms in total. The van der Waals surface area contributed by atoms with Crippen molar-refractivity contribution in [2.24, 2.45) is 0 Å². The van der Waals surface area contributed by atoms with Crippen LogP contribution in [0.3, 0.4) is 0 Å². The second-order valence-electron chi connectivity index (χ2n) is 2.36. The summed E-state index contributed by atoms with van der Waals surface area (Å²) in [7, 11) is 0. The van der Waals surface area contributed by atoms with Crippen LogP contribution in [-0.4, -0.2) is 41.4 Å². The Morgan fingerprint density at radius 3 is 2.33 bits per heavy atom. The normalized spacial score (nSPS) is 56.7. The molecule has 2 saturated heterocycles. The van der Waals surface area contributed by atoms with Crippen LogP contribution in [0.4, 0.5) is 0 Å². The quantitative estimate of drug-likeness (QED) is 0.419. The van der Waals surface area contributed by atoms with Crippen molar-refractivity contribution in [2.75, 3.05) is 6.61 Å². The van der Waals surface area contributed by atoms with Gasteiger partial charge in [-0.1, -0.05) is 0 Å². The van der Waals surface area contributed by atoms with Gasteiger partial charge in [0.15, 0.2) is 6.29 Å². The molecule has 0 unspecified atom stereocenters. The van der Waals surface area contributed by atoms with Crippen molar-refractivity contribution in [3.63, 3.8) is 0 Å². The Morgan fingerprint density at radius 2 is 2.00 bits per heavy atom. The maximum atomic E-state index is 9.03. The molecular weight excluding hydrogens is 124 g/mol. The van der Waals surface area contributed by atoms with Gasteiger partial charge in [-0.2, -0.15) is 0 Å². The summed E-state index contributed by atoms with van der Waals surface area (Å²) in [4.78, 5) is 0. The highest BCUT2D eigenvalue weighted by Gasteiger charge is 2.48. The van der Waals surface area contributed by atoms with E-state index in [-0.39, 0.29) is 6.10 Å². The van der Waals surface area contributed by atoms with Gasteiger partial charge in [-0.3, -0.25) is 0 Å². The Labute approximate surface area is 52.0 Å². The van der Waals surface area contributed by atoms with Crippen molar-refractivity contribution in [1.29, 1.82) is 0 Å². The number of ether oxygens (including phenoxy) is 2. The molecule has 2 bridgehead atoms. The molecule has 52 valence electrons. The summed E-state index contributed by atoms with van der Waals surface area (Å²) in [5.74, 6) is 0. The van der Waals surface area contributed by atoms with E-state index >= 15 is 0 Å². The first kappa shape index (κ1) is 5.61. The van der Waals surface area contributed by atoms with Gasteiger partial charge < -0.3 is 19.7 Å². The van der Waals surface area contributed by atoms with Crippen LogP contribution in [0.25, 0.3) is 0 Å². The van der Waals surface area contributed by atoms with Gasteiger partial charge in [0.2, 0.25) is 0 Å². The predicted molar refractivity (Wildman–Crippen MR) is 26.6 cm³/mol. The van der Waals surface area contributed by atoms with Crippen molar-refractivity contribution >= 4 is 0 Å². The molecular formula is C5H8O4. The summed E-state index contributed by atoms with van der Waals surface area (Å²) in [6.07, 6.45) is -2.47. The monoisotopic (exact) mass is 132 g/mol. The highest BCUT2D eigenvalue weighted by atomic mass is 16.7. The molecule has 2 fully saturated rings. The summed E-state index contributed by atoms with van der Waals surface area (Å²) in [6.45, 7) is 0.406. The summed E-state index contributed by atoms with van der Waals surface area (Å²) >= 11 is 0. The third-order valence-electron chi connectivity index (χ3n) is 1.74. The minimum absolute atomic E-state index is 0.301. The molecule has 4 atom stereocenters. The zero-order valence-corrected chi connectivity index (χ0v) is 4.73. The summed E-state index contributed by atoms with van der Waals surface area (Å²) in [5, 5.41) is 18.0. The predicted octanol–water partition coefficient (Wildman–Crippen LogP) is -1.54. The van der Waals surface area contributed by atoms with Crippen molar-refractivity contribution in [3.05, 3.63) is 0 Å². The molecule has 0 aliphatic carbocycles. The maximum Gasteiger partial charge on any atom is 0.186 e. The fourth-order valence-corrected chi connectivity index (χ4v) is 1.18. The van der Waals surface area contributed by atoms with Crippen LogP contribution in [0.1, 0.15) is 0 Å². The van der Waals surface area contributed by atoms with Crippen molar-refractivity contribution < 1.29 is 19.7 Å². The van der Waals surface area contributed by atoms with Gasteiger partial charge in [0.1, 0.15) is 18.3 Å². The van der Waals surface area contributed by atoms with Crippen LogP contribution >= 0.6 is 0 Å². The van der Waals surface area contributed by atoms with Crippen molar-refractivity contribution in [3.8, 4) is 0 Å². The minimum Gasteiger partial charge on any atom is -0.387 e. The van der Waals surface area contributed by atoms with Crippen molar-refractivity contribution in [1.82, 2.24) is 0 Å². The molecule has 0 radical (unpaired) electrons. The number of rotatable bonds is 0. The molecule has 0 aromatic rings. The molecule has 2 aliphatic heterocycles. The van der Waals surface area contributed by atoms with Gasteiger partial charge in [-0.05, 0) is 0 Å². The van der Waals surface area contributed by atoms with Gasteiger partial charge in [0.05, 0.1) is 6.61 Å². The fraction of sp³-hybridized carbons (Fsp3) is 1.00. The standard InChI is InChI=1S/C5H8O4/c6-3-2-1-8-5(9-2)4(3)7/h2-7H,1H2/t2-,3+,4-,5+/m1/s1. The van der Waals surface area contributed by atoms with E-state index in [1.165, 1.54) is 0 Å². The van der Waals surface area contributed by atoms with E-state index in [2.05, 4.69) is 0 Å². The minimum atomic E-state index is -0.844. The van der Waals surface area contributed by atoms with E-state index in [0.29, 0.717) is 6.61 Å². The van der Waals surface area contributed by atoms with E-state index in [0.717, 1.165) is 0 Å². The van der Waals surface area contributed by atoms with Gasteiger partial charge in [0.25, 0.3) is 0 Å². The molecule has 2 rings (SSSR count). The van der Waals surface area contributed by atoms with Crippen molar-refractivity contribution in [2.45, 2.75) is 24.6 Å². The molecule has 2 heterocycles. The largest absolute Gasteiger partial charge is 0.387 e. The highest BCUT2D eigenvalue weighted by Crippen LogP contribution is 2.28. The van der Waals surface area contributed by atoms with Gasteiger partial charge in [-0.25, -0.2) is 0 Å². The molecule has 2 aliphatic rings. The van der Waals surface area contributed by atoms with Crippen LogP contribution in [0.2, 0.25) is 0 Å². The molecule has 0 aromatic heterocycles. The van der Waals surface area contributed by atoms with Crippen LogP contribution in [0.5, 0.6) is 0 Å². The first-order valence-electron chi connectivity index (χ1n) is 2.92. The van der Waals surface area contributed by atoms with Crippen LogP contribution in [0, 0.1) is 0 Å². The first-order chi connectivity index (χ1) is 4.29. The van der Waals surface area contributed by atoms with Gasteiger partial charge in [0, 0.05) is 0 Å². The Morgan fingerprint density at radius 1 is 1.22 bits per heavy atom. The van der Waals surface area contributed by atoms with E-state index in [9.17, 15) is 0 Å². The zero-order chi connectivity index (χ0) is 6.43. The zero-order valence-electron chi connectivity index (χ0n) is 4.73. The molecule has 4 heteroatoms. The summed E-state index contributed by atoms with van der Waals surface area (Å²) in [5.41, 5.74) is 0. The first-order valence-corrected chi connectivity index (χ1v) is 2.92. The number of aliphatic hydroxyl groups excluding tert-OH is 2. The lowest BCUT2D eigenvalue weighted by molar-refractivity contribution is -0.111. The lowest BCUT2D eigenvalue weighted by Gasteiger charge is -2.17. The molecule has 0 aromatic carbocycles. The Balaban J connectivity index is 2.15. The molecule has 2 N–H and O–H groups in total. The fourth-order valence-electron chi connectivity index (χ4n) is 1.18. The third-order valence-corrected chi connectivity index (χ3v) is 1.74. The van der Waals surface area contributed by atoms with E-state index < -0.39 is 18.5 Å². The average Bonchev–Trinajstić information content (AvgIpc) is 2.37. The van der Waals surface area contributed by atoms with Gasteiger partial charge in [-0.15, -0.1) is 0 Å². The summed E-state index contributed by atoms with van der Waals surface area (Å²) in [6, 6.07) is 0. The Kier molecular flexibility index (Phi) is 1.04. The average molecular weight is 132 g/mol. The lowest BCUT2D eigenvalue weighted by Crippen LogP contribution is -2.39. The molecule has 0 amide bonds. The molecule has 0 saturated carbocycles. The number of hydrogen-bond donors (Lipinski definition) is 2. The third kappa shape index (κ3) is 0.616. The lowest BCUT2D eigenvalue weighted by atomic mass is 10.1. The van der Waals surface area contributed by atoms with Crippen LogP contribution in [0.15, 0.2) is 0 Å². The second kappa shape index (κ2) is 1.67. The highest BCUT2D eigenvalue weighted by molar-refractivity contribution is 4.90. The van der Waals surface area contributed by atoms with Crippen LogP contribution < -0.4 is 0 Å². The van der Waals surface area contributed by atoms with E-state index in [1.54, 1.807) is 0 Å². The van der Waals surface area contributed by atoms with Gasteiger partial charge >= 0.3 is 0 Å². The number of fused-ring (bicyclic) bond motifs is 2. The van der Waals surface area contributed by atoms with E-state index in [4.69, 9.17) is 19.7 Å². The molecule has 9 heavy (non-hydrogen) atoms. The smallest absolute Gasteiger partial charge is 0.186 e. The topological polar surface area (TPSA) is 58.9 Å². The summed E-state index contributed by atoms with van der Waals surface area (Å²) < 4.78 is 9.88. The Hall–Kier alpha value is -0.160. The maximum absolute atomic E-state index is 9.03. The number of aliphatic hydroxyl groups is 2. The second-order valence-corrected chi connectivity index (χ2v) is 2.36.